The molecule has 0 amide bonds. The Morgan fingerprint density at radius 3 is 2.82 bits per heavy atom. The predicted octanol–water partition coefficient (Wildman–Crippen LogP) is 1.19. The molecule has 5 nitrogen and oxygen atoms in total. The molecule has 0 bridgehead atoms. The smallest absolute Gasteiger partial charge is 0.138 e. The van der Waals surface area contributed by atoms with Gasteiger partial charge in [0.2, 0.25) is 0 Å². The van der Waals surface area contributed by atoms with E-state index in [0.29, 0.717) is 18.9 Å². The molecule has 17 heavy (non-hydrogen) atoms. The van der Waals surface area contributed by atoms with Crippen LogP contribution in [0.4, 0.5) is 0 Å². The maximum Gasteiger partial charge on any atom is 0.138 e. The largest absolute Gasteiger partial charge is 0.387 e. The molecule has 1 aliphatic rings. The zero-order valence-electron chi connectivity index (χ0n) is 10.8. The summed E-state index contributed by atoms with van der Waals surface area (Å²) >= 11 is 0. The number of nitrogens with zero attached hydrogens (tertiary/aromatic N) is 3. The second-order valence-electron chi connectivity index (χ2n) is 5.20. The first-order chi connectivity index (χ1) is 8.07. The molecule has 1 atom stereocenters. The van der Waals surface area contributed by atoms with Crippen molar-refractivity contribution in [3.63, 3.8) is 0 Å². The Kier molecular flexibility index (Phi) is 3.49. The van der Waals surface area contributed by atoms with E-state index >= 15 is 0 Å². The van der Waals surface area contributed by atoms with E-state index in [4.69, 9.17) is 4.74 Å². The quantitative estimate of drug-likeness (QED) is 0.810. The number of hydrogen-bond acceptors (Lipinski definition) is 4. The Balaban J connectivity index is 2.14. The molecular weight excluding hydrogens is 218 g/mol. The zero-order chi connectivity index (χ0) is 12.5. The van der Waals surface area contributed by atoms with Crippen molar-refractivity contribution in [1.82, 2.24) is 14.8 Å². The van der Waals surface area contributed by atoms with Gasteiger partial charge in [0.1, 0.15) is 12.2 Å². The van der Waals surface area contributed by atoms with Gasteiger partial charge in [-0.2, -0.15) is 5.10 Å². The number of ether oxygens (including phenoxy) is 1. The average molecular weight is 239 g/mol. The van der Waals surface area contributed by atoms with Gasteiger partial charge in [0.05, 0.1) is 12.2 Å². The van der Waals surface area contributed by atoms with Gasteiger partial charge in [0.15, 0.2) is 0 Å². The molecule has 1 N–H and O–H groups in total. The van der Waals surface area contributed by atoms with Crippen molar-refractivity contribution < 1.29 is 9.84 Å². The number of rotatable bonds is 6. The lowest BCUT2D eigenvalue weighted by Gasteiger charge is -2.27. The minimum absolute atomic E-state index is 0.262. The Hall–Kier alpha value is -0.940. The summed E-state index contributed by atoms with van der Waals surface area (Å²) in [5, 5.41) is 14.8. The average Bonchev–Trinajstić information content (AvgIpc) is 3.01. The minimum atomic E-state index is -0.783. The van der Waals surface area contributed by atoms with Crippen LogP contribution in [0.15, 0.2) is 6.33 Å². The molecule has 0 spiro atoms. The van der Waals surface area contributed by atoms with Gasteiger partial charge >= 0.3 is 0 Å². The fourth-order valence-electron chi connectivity index (χ4n) is 2.29. The molecule has 1 aromatic heterocycles. The Bertz CT molecular complexity index is 374. The van der Waals surface area contributed by atoms with Crippen molar-refractivity contribution >= 4 is 0 Å². The zero-order valence-corrected chi connectivity index (χ0v) is 10.8. The third-order valence-corrected chi connectivity index (χ3v) is 3.33. The van der Waals surface area contributed by atoms with Crippen molar-refractivity contribution in [2.75, 3.05) is 13.7 Å². The molecular formula is C12H21N3O2. The molecule has 96 valence electrons. The molecule has 1 aromatic rings. The van der Waals surface area contributed by atoms with E-state index in [2.05, 4.69) is 23.9 Å². The molecule has 1 unspecified atom stereocenters. The maximum atomic E-state index is 10.6. The lowest BCUT2D eigenvalue weighted by molar-refractivity contribution is -0.0494. The summed E-state index contributed by atoms with van der Waals surface area (Å²) in [5.74, 6) is 1.19. The van der Waals surface area contributed by atoms with Crippen molar-refractivity contribution in [2.24, 2.45) is 5.92 Å². The number of aromatic nitrogens is 3. The Labute approximate surface area is 102 Å². The van der Waals surface area contributed by atoms with Crippen LogP contribution in [0.3, 0.4) is 0 Å². The second-order valence-corrected chi connectivity index (χ2v) is 5.20. The van der Waals surface area contributed by atoms with E-state index in [1.54, 1.807) is 13.4 Å². The summed E-state index contributed by atoms with van der Waals surface area (Å²) in [6.07, 6.45) is 4.23. The first-order valence-electron chi connectivity index (χ1n) is 6.16. The molecule has 1 saturated carbocycles. The third kappa shape index (κ3) is 2.66. The van der Waals surface area contributed by atoms with Crippen LogP contribution in [-0.4, -0.2) is 39.2 Å². The third-order valence-electron chi connectivity index (χ3n) is 3.33. The standard InChI is InChI=1S/C12H21N3O2/c1-9(2)15-11(13-8-14-15)6-12(16,7-17-3)10-4-5-10/h8-10,16H,4-7H2,1-3H3. The lowest BCUT2D eigenvalue weighted by Crippen LogP contribution is -2.40. The van der Waals surface area contributed by atoms with Gasteiger partial charge in [-0.1, -0.05) is 0 Å². The maximum absolute atomic E-state index is 10.6. The van der Waals surface area contributed by atoms with Crippen LogP contribution in [0.25, 0.3) is 0 Å². The highest BCUT2D eigenvalue weighted by Crippen LogP contribution is 2.41. The van der Waals surface area contributed by atoms with Crippen molar-refractivity contribution in [3.8, 4) is 0 Å². The van der Waals surface area contributed by atoms with Crippen LogP contribution >= 0.6 is 0 Å². The Morgan fingerprint density at radius 1 is 1.59 bits per heavy atom. The topological polar surface area (TPSA) is 60.2 Å². The van der Waals surface area contributed by atoms with Crippen LogP contribution in [-0.2, 0) is 11.2 Å². The second kappa shape index (κ2) is 4.74. The van der Waals surface area contributed by atoms with Crippen LogP contribution < -0.4 is 0 Å². The summed E-state index contributed by atoms with van der Waals surface area (Å²) in [6.45, 7) is 4.48. The van der Waals surface area contributed by atoms with Crippen molar-refractivity contribution in [2.45, 2.75) is 44.8 Å². The highest BCUT2D eigenvalue weighted by Gasteiger charge is 2.44. The van der Waals surface area contributed by atoms with Gasteiger partial charge in [-0.05, 0) is 32.6 Å². The van der Waals surface area contributed by atoms with Gasteiger partial charge in [-0.15, -0.1) is 0 Å². The van der Waals surface area contributed by atoms with Crippen LogP contribution in [0, 0.1) is 5.92 Å². The van der Waals surface area contributed by atoms with E-state index in [1.165, 1.54) is 0 Å². The van der Waals surface area contributed by atoms with Crippen LogP contribution in [0.1, 0.15) is 38.6 Å². The molecule has 0 aliphatic heterocycles. The van der Waals surface area contributed by atoms with E-state index in [1.807, 2.05) is 4.68 Å². The number of methoxy groups -OCH3 is 1. The SMILES string of the molecule is COCC(O)(Cc1ncnn1C(C)C)C1CC1. The van der Waals surface area contributed by atoms with Gasteiger partial charge in [-0.3, -0.25) is 0 Å². The fraction of sp³-hybridized carbons (Fsp3) is 0.833. The highest BCUT2D eigenvalue weighted by atomic mass is 16.5. The summed E-state index contributed by atoms with van der Waals surface area (Å²) in [5.41, 5.74) is -0.783. The van der Waals surface area contributed by atoms with Crippen LogP contribution in [0.2, 0.25) is 0 Å². The van der Waals surface area contributed by atoms with E-state index in [-0.39, 0.29) is 6.04 Å². The van der Waals surface area contributed by atoms with Gasteiger partial charge in [0, 0.05) is 19.6 Å². The summed E-state index contributed by atoms with van der Waals surface area (Å²) in [7, 11) is 1.63. The first-order valence-corrected chi connectivity index (χ1v) is 6.16. The van der Waals surface area contributed by atoms with Gasteiger partial charge < -0.3 is 9.84 Å². The monoisotopic (exact) mass is 239 g/mol. The minimum Gasteiger partial charge on any atom is -0.387 e. The first kappa shape index (κ1) is 12.5. The molecule has 0 aromatic carbocycles. The normalized spacial score (nSPS) is 19.6. The number of hydrogen-bond donors (Lipinski definition) is 1. The van der Waals surface area contributed by atoms with Gasteiger partial charge in [-0.25, -0.2) is 9.67 Å². The molecule has 2 rings (SSSR count). The van der Waals surface area contributed by atoms with E-state index in [0.717, 1.165) is 18.7 Å². The molecule has 0 radical (unpaired) electrons. The lowest BCUT2D eigenvalue weighted by atomic mass is 9.94. The summed E-state index contributed by atoms with van der Waals surface area (Å²) in [4.78, 5) is 4.25. The molecule has 5 heteroatoms. The number of aliphatic hydroxyl groups is 1. The van der Waals surface area contributed by atoms with Gasteiger partial charge in [0.25, 0.3) is 0 Å². The Morgan fingerprint density at radius 2 is 2.29 bits per heavy atom. The highest BCUT2D eigenvalue weighted by molar-refractivity contribution is 5.03. The molecule has 0 saturated heterocycles. The summed E-state index contributed by atoms with van der Waals surface area (Å²) in [6, 6.07) is 0.262. The summed E-state index contributed by atoms with van der Waals surface area (Å²) < 4.78 is 7.01. The molecule has 1 fully saturated rings. The predicted molar refractivity (Wildman–Crippen MR) is 63.7 cm³/mol. The molecule has 1 heterocycles. The van der Waals surface area contributed by atoms with E-state index < -0.39 is 5.60 Å². The van der Waals surface area contributed by atoms with Crippen LogP contribution in [0.5, 0.6) is 0 Å². The van der Waals surface area contributed by atoms with Crippen molar-refractivity contribution in [3.05, 3.63) is 12.2 Å². The van der Waals surface area contributed by atoms with Crippen molar-refractivity contribution in [1.29, 1.82) is 0 Å². The van der Waals surface area contributed by atoms with E-state index in [9.17, 15) is 5.11 Å². The fourth-order valence-corrected chi connectivity index (χ4v) is 2.29. The molecule has 1 aliphatic carbocycles.